The van der Waals surface area contributed by atoms with Crippen LogP contribution in [0.4, 0.5) is 0 Å². The third kappa shape index (κ3) is 11.2. The van der Waals surface area contributed by atoms with Crippen LogP contribution in [0.15, 0.2) is 30.3 Å². The molecule has 0 atom stereocenters. The standard InChI is InChI=1S/C9H10O3.2C5H10O/c10-9(11)7-12-6-8-4-2-1-3-5-8;2*6-5-3-1-2-4-5/h1-5H,6-7H2,(H,10,11);2*5-6H,1-4H2. The minimum atomic E-state index is -0.939. The van der Waals surface area contributed by atoms with Crippen LogP contribution in [-0.4, -0.2) is 40.1 Å². The van der Waals surface area contributed by atoms with E-state index in [1.165, 1.54) is 25.7 Å². The molecular formula is C19H30O5. The topological polar surface area (TPSA) is 87.0 Å². The zero-order chi connectivity index (χ0) is 17.6. The molecule has 0 radical (unpaired) electrons. The van der Waals surface area contributed by atoms with Crippen LogP contribution in [0.3, 0.4) is 0 Å². The Bertz CT molecular complexity index is 409. The van der Waals surface area contributed by atoms with E-state index in [0.29, 0.717) is 6.61 Å². The van der Waals surface area contributed by atoms with E-state index in [1.54, 1.807) is 0 Å². The van der Waals surface area contributed by atoms with E-state index >= 15 is 0 Å². The molecule has 3 rings (SSSR count). The first-order valence-electron chi connectivity index (χ1n) is 8.77. The molecule has 1 aromatic rings. The van der Waals surface area contributed by atoms with Crippen LogP contribution in [0.2, 0.25) is 0 Å². The lowest BCUT2D eigenvalue weighted by Crippen LogP contribution is -2.06. The van der Waals surface area contributed by atoms with Gasteiger partial charge < -0.3 is 20.1 Å². The largest absolute Gasteiger partial charge is 0.480 e. The van der Waals surface area contributed by atoms with Crippen molar-refractivity contribution in [1.29, 1.82) is 0 Å². The zero-order valence-electron chi connectivity index (χ0n) is 14.3. The fraction of sp³-hybridized carbons (Fsp3) is 0.632. The molecule has 24 heavy (non-hydrogen) atoms. The summed E-state index contributed by atoms with van der Waals surface area (Å²) in [6.45, 7) is 0.113. The van der Waals surface area contributed by atoms with Crippen molar-refractivity contribution in [3.63, 3.8) is 0 Å². The molecule has 0 unspecified atom stereocenters. The van der Waals surface area contributed by atoms with E-state index in [-0.39, 0.29) is 18.8 Å². The molecule has 2 aliphatic rings. The van der Waals surface area contributed by atoms with Crippen molar-refractivity contribution in [3.8, 4) is 0 Å². The molecule has 0 aliphatic heterocycles. The SMILES string of the molecule is O=C(O)COCc1ccccc1.OC1CCCC1.OC1CCCC1. The van der Waals surface area contributed by atoms with Gasteiger partial charge in [-0.3, -0.25) is 0 Å². The second kappa shape index (κ2) is 12.9. The molecule has 0 heterocycles. The Morgan fingerprint density at radius 1 is 0.917 bits per heavy atom. The van der Waals surface area contributed by atoms with Crippen LogP contribution in [-0.2, 0) is 16.1 Å². The molecule has 2 saturated carbocycles. The average Bonchev–Trinajstić information content (AvgIpc) is 3.23. The highest BCUT2D eigenvalue weighted by Gasteiger charge is 2.09. The number of carboxylic acid groups (broad SMARTS) is 1. The van der Waals surface area contributed by atoms with Gasteiger partial charge in [-0.1, -0.05) is 56.0 Å². The number of hydrogen-bond donors (Lipinski definition) is 3. The highest BCUT2D eigenvalue weighted by atomic mass is 16.5. The number of carboxylic acids is 1. The summed E-state index contributed by atoms with van der Waals surface area (Å²) in [5.74, 6) is -0.939. The number of hydrogen-bond acceptors (Lipinski definition) is 4. The van der Waals surface area contributed by atoms with E-state index in [1.807, 2.05) is 30.3 Å². The van der Waals surface area contributed by atoms with Crippen molar-refractivity contribution in [1.82, 2.24) is 0 Å². The van der Waals surface area contributed by atoms with Crippen molar-refractivity contribution in [3.05, 3.63) is 35.9 Å². The molecule has 2 aliphatic carbocycles. The average molecular weight is 338 g/mol. The molecule has 2 fully saturated rings. The lowest BCUT2D eigenvalue weighted by Gasteiger charge is -1.99. The number of carbonyl (C=O) groups is 1. The Morgan fingerprint density at radius 3 is 1.71 bits per heavy atom. The maximum atomic E-state index is 10.1. The zero-order valence-corrected chi connectivity index (χ0v) is 14.3. The summed E-state index contributed by atoms with van der Waals surface area (Å²) in [7, 11) is 0. The van der Waals surface area contributed by atoms with Crippen molar-refractivity contribution >= 4 is 5.97 Å². The first kappa shape index (κ1) is 20.6. The fourth-order valence-corrected chi connectivity index (χ4v) is 2.64. The summed E-state index contributed by atoms with van der Waals surface area (Å²) < 4.78 is 4.88. The molecule has 136 valence electrons. The Morgan fingerprint density at radius 2 is 1.38 bits per heavy atom. The minimum Gasteiger partial charge on any atom is -0.480 e. The molecule has 3 N–H and O–H groups in total. The quantitative estimate of drug-likeness (QED) is 0.785. The van der Waals surface area contributed by atoms with Gasteiger partial charge in [0, 0.05) is 0 Å². The molecule has 0 amide bonds. The van der Waals surface area contributed by atoms with Crippen LogP contribution in [0, 0.1) is 0 Å². The van der Waals surface area contributed by atoms with Crippen LogP contribution in [0.25, 0.3) is 0 Å². The summed E-state index contributed by atoms with van der Waals surface area (Å²) in [6, 6.07) is 9.46. The molecule has 0 spiro atoms. The van der Waals surface area contributed by atoms with E-state index in [4.69, 9.17) is 20.1 Å². The number of aliphatic hydroxyl groups is 2. The van der Waals surface area contributed by atoms with E-state index in [2.05, 4.69) is 0 Å². The molecule has 0 saturated heterocycles. The Labute approximate surface area is 144 Å². The minimum absolute atomic E-state index is 0.0463. The lowest BCUT2D eigenvalue weighted by molar-refractivity contribution is -0.142. The van der Waals surface area contributed by atoms with Gasteiger partial charge in [-0.25, -0.2) is 4.79 Å². The van der Waals surface area contributed by atoms with E-state index in [0.717, 1.165) is 31.2 Å². The van der Waals surface area contributed by atoms with Crippen LogP contribution in [0.5, 0.6) is 0 Å². The predicted octanol–water partition coefficient (Wildman–Crippen LogP) is 3.13. The third-order valence-electron chi connectivity index (χ3n) is 3.99. The van der Waals surface area contributed by atoms with Gasteiger partial charge in [-0.05, 0) is 31.2 Å². The third-order valence-corrected chi connectivity index (χ3v) is 3.99. The summed E-state index contributed by atoms with van der Waals surface area (Å²) in [5, 5.41) is 25.7. The second-order valence-corrected chi connectivity index (χ2v) is 6.25. The predicted molar refractivity (Wildman–Crippen MR) is 92.7 cm³/mol. The summed E-state index contributed by atoms with van der Waals surface area (Å²) in [6.07, 6.45) is 9.21. The number of rotatable bonds is 4. The van der Waals surface area contributed by atoms with Crippen molar-refractivity contribution in [2.75, 3.05) is 6.61 Å². The molecule has 5 heteroatoms. The smallest absolute Gasteiger partial charge is 0.329 e. The van der Waals surface area contributed by atoms with Crippen LogP contribution >= 0.6 is 0 Å². The van der Waals surface area contributed by atoms with Gasteiger partial charge in [0.2, 0.25) is 0 Å². The van der Waals surface area contributed by atoms with Crippen molar-refractivity contribution < 1.29 is 24.9 Å². The second-order valence-electron chi connectivity index (χ2n) is 6.25. The number of benzene rings is 1. The monoisotopic (exact) mass is 338 g/mol. The Hall–Kier alpha value is -1.43. The maximum Gasteiger partial charge on any atom is 0.329 e. The maximum absolute atomic E-state index is 10.1. The van der Waals surface area contributed by atoms with Gasteiger partial charge in [0.15, 0.2) is 0 Å². The highest BCUT2D eigenvalue weighted by molar-refractivity contribution is 5.67. The lowest BCUT2D eigenvalue weighted by atomic mass is 10.2. The molecule has 1 aromatic carbocycles. The Balaban J connectivity index is 0.000000200. The summed E-state index contributed by atoms with van der Waals surface area (Å²) >= 11 is 0. The molecule has 5 nitrogen and oxygen atoms in total. The van der Waals surface area contributed by atoms with Gasteiger partial charge in [0.1, 0.15) is 6.61 Å². The number of aliphatic hydroxyl groups excluding tert-OH is 2. The number of ether oxygens (including phenoxy) is 1. The van der Waals surface area contributed by atoms with Crippen LogP contribution in [0.1, 0.15) is 56.9 Å². The van der Waals surface area contributed by atoms with Gasteiger partial charge >= 0.3 is 5.97 Å². The fourth-order valence-electron chi connectivity index (χ4n) is 2.64. The van der Waals surface area contributed by atoms with Gasteiger partial charge in [-0.2, -0.15) is 0 Å². The van der Waals surface area contributed by atoms with Crippen molar-refractivity contribution in [2.45, 2.75) is 70.2 Å². The van der Waals surface area contributed by atoms with Crippen molar-refractivity contribution in [2.24, 2.45) is 0 Å². The van der Waals surface area contributed by atoms with Gasteiger partial charge in [-0.15, -0.1) is 0 Å². The highest BCUT2D eigenvalue weighted by Crippen LogP contribution is 2.17. The normalized spacial score (nSPS) is 17.6. The van der Waals surface area contributed by atoms with Gasteiger partial charge in [0.05, 0.1) is 18.8 Å². The first-order chi connectivity index (χ1) is 11.6. The molecule has 0 aromatic heterocycles. The number of aliphatic carboxylic acids is 1. The van der Waals surface area contributed by atoms with Crippen LogP contribution < -0.4 is 0 Å². The summed E-state index contributed by atoms with van der Waals surface area (Å²) in [5.41, 5.74) is 0.985. The van der Waals surface area contributed by atoms with Gasteiger partial charge in [0.25, 0.3) is 0 Å². The summed E-state index contributed by atoms with van der Waals surface area (Å²) in [4.78, 5) is 10.1. The molecular weight excluding hydrogens is 308 g/mol. The van der Waals surface area contributed by atoms with E-state index < -0.39 is 5.97 Å². The van der Waals surface area contributed by atoms with E-state index in [9.17, 15) is 4.79 Å². The molecule has 0 bridgehead atoms. The Kier molecular flexibility index (Phi) is 11.1. The first-order valence-corrected chi connectivity index (χ1v) is 8.77.